The lowest BCUT2D eigenvalue weighted by Crippen LogP contribution is -2.31. The fraction of sp³-hybridized carbons (Fsp3) is 0.538. The van der Waals surface area contributed by atoms with Gasteiger partial charge in [-0.05, 0) is 30.9 Å². The second kappa shape index (κ2) is 6.38. The number of hydrogen-bond donors (Lipinski definition) is 2. The number of nitrogens with zero attached hydrogens (tertiary/aromatic N) is 3. The maximum atomic E-state index is 8.82. The van der Waals surface area contributed by atoms with Gasteiger partial charge in [-0.1, -0.05) is 5.16 Å². The van der Waals surface area contributed by atoms with Gasteiger partial charge in [-0.15, -0.1) is 0 Å². The topological polar surface area (TPSA) is 84.0 Å². The summed E-state index contributed by atoms with van der Waals surface area (Å²) < 4.78 is 5.36. The zero-order chi connectivity index (χ0) is 13.7. The molecule has 19 heavy (non-hydrogen) atoms. The molecular weight excluding hydrogens is 244 g/mol. The molecule has 0 aromatic carbocycles. The molecule has 0 aliphatic carbocycles. The normalized spacial score (nSPS) is 17.4. The molecule has 6 nitrogen and oxygen atoms in total. The van der Waals surface area contributed by atoms with Crippen molar-refractivity contribution in [3.63, 3.8) is 0 Å². The van der Waals surface area contributed by atoms with Crippen LogP contribution in [0.15, 0.2) is 23.5 Å². The van der Waals surface area contributed by atoms with Gasteiger partial charge in [0.05, 0.1) is 5.56 Å². The average molecular weight is 264 g/mol. The molecule has 3 N–H and O–H groups in total. The lowest BCUT2D eigenvalue weighted by molar-refractivity contribution is 0.0685. The fourth-order valence-electron chi connectivity index (χ4n) is 2.36. The van der Waals surface area contributed by atoms with E-state index in [4.69, 9.17) is 15.7 Å². The summed E-state index contributed by atoms with van der Waals surface area (Å²) in [5, 5.41) is 11.9. The van der Waals surface area contributed by atoms with Crippen molar-refractivity contribution in [2.45, 2.75) is 12.8 Å². The highest BCUT2D eigenvalue weighted by molar-refractivity contribution is 6.01. The Hall–Kier alpha value is -1.82. The van der Waals surface area contributed by atoms with E-state index in [2.05, 4.69) is 15.0 Å². The number of ether oxygens (including phenoxy) is 1. The minimum atomic E-state index is 0.0851. The molecule has 0 bridgehead atoms. The first-order chi connectivity index (χ1) is 9.22. The quantitative estimate of drug-likeness (QED) is 0.367. The molecule has 2 rings (SSSR count). The van der Waals surface area contributed by atoms with Gasteiger partial charge in [0.15, 0.2) is 5.84 Å². The van der Waals surface area contributed by atoms with E-state index in [0.717, 1.165) is 38.4 Å². The van der Waals surface area contributed by atoms with E-state index in [9.17, 15) is 0 Å². The maximum Gasteiger partial charge on any atom is 0.173 e. The highest BCUT2D eigenvalue weighted by Gasteiger charge is 2.18. The summed E-state index contributed by atoms with van der Waals surface area (Å²) in [5.74, 6) is 1.42. The largest absolute Gasteiger partial charge is 0.409 e. The third-order valence-electron chi connectivity index (χ3n) is 3.40. The van der Waals surface area contributed by atoms with Gasteiger partial charge >= 0.3 is 0 Å². The van der Waals surface area contributed by atoms with Crippen LogP contribution in [0.4, 0.5) is 5.82 Å². The number of anilines is 1. The van der Waals surface area contributed by atoms with Crippen LogP contribution in [-0.4, -0.2) is 42.8 Å². The molecule has 0 amide bonds. The summed E-state index contributed by atoms with van der Waals surface area (Å²) >= 11 is 0. The summed E-state index contributed by atoms with van der Waals surface area (Å²) in [6.45, 7) is 2.55. The van der Waals surface area contributed by atoms with Crippen molar-refractivity contribution in [2.24, 2.45) is 16.8 Å². The van der Waals surface area contributed by atoms with Crippen molar-refractivity contribution in [3.05, 3.63) is 23.9 Å². The Balaban J connectivity index is 2.11. The molecule has 0 spiro atoms. The third kappa shape index (κ3) is 3.35. The van der Waals surface area contributed by atoms with Gasteiger partial charge in [0.25, 0.3) is 0 Å². The highest BCUT2D eigenvalue weighted by atomic mass is 16.5. The van der Waals surface area contributed by atoms with Gasteiger partial charge < -0.3 is 20.6 Å². The third-order valence-corrected chi connectivity index (χ3v) is 3.40. The smallest absolute Gasteiger partial charge is 0.173 e. The SMILES string of the molecule is CN(CC1CCOCC1)c1ncccc1C(N)=NO. The zero-order valence-electron chi connectivity index (χ0n) is 11.1. The van der Waals surface area contributed by atoms with Gasteiger partial charge in [-0.3, -0.25) is 0 Å². The monoisotopic (exact) mass is 264 g/mol. The van der Waals surface area contributed by atoms with Gasteiger partial charge in [-0.2, -0.15) is 0 Å². The maximum absolute atomic E-state index is 8.82. The van der Waals surface area contributed by atoms with E-state index < -0.39 is 0 Å². The second-order valence-electron chi connectivity index (χ2n) is 4.80. The number of rotatable bonds is 4. The predicted octanol–water partition coefficient (Wildman–Crippen LogP) is 1.04. The summed E-state index contributed by atoms with van der Waals surface area (Å²) in [6.07, 6.45) is 3.84. The first-order valence-electron chi connectivity index (χ1n) is 6.44. The van der Waals surface area contributed by atoms with Crippen molar-refractivity contribution in [3.8, 4) is 0 Å². The molecule has 1 aromatic rings. The number of hydrogen-bond acceptors (Lipinski definition) is 5. The van der Waals surface area contributed by atoms with Crippen LogP contribution in [0.2, 0.25) is 0 Å². The molecule has 0 unspecified atom stereocenters. The van der Waals surface area contributed by atoms with E-state index in [-0.39, 0.29) is 5.84 Å². The van der Waals surface area contributed by atoms with Crippen LogP contribution in [0.25, 0.3) is 0 Å². The molecule has 1 aliphatic rings. The number of aromatic nitrogens is 1. The predicted molar refractivity (Wildman–Crippen MR) is 73.6 cm³/mol. The number of oxime groups is 1. The second-order valence-corrected chi connectivity index (χ2v) is 4.80. The van der Waals surface area contributed by atoms with Gasteiger partial charge in [0.1, 0.15) is 5.82 Å². The van der Waals surface area contributed by atoms with Crippen LogP contribution in [0, 0.1) is 5.92 Å². The van der Waals surface area contributed by atoms with Gasteiger partial charge in [0, 0.05) is 33.0 Å². The highest BCUT2D eigenvalue weighted by Crippen LogP contribution is 2.21. The van der Waals surface area contributed by atoms with Crippen molar-refractivity contribution >= 4 is 11.7 Å². The molecule has 0 atom stereocenters. The molecule has 2 heterocycles. The Morgan fingerprint density at radius 3 is 3.00 bits per heavy atom. The summed E-state index contributed by atoms with van der Waals surface area (Å²) in [6, 6.07) is 3.58. The lowest BCUT2D eigenvalue weighted by atomic mass is 10.00. The van der Waals surface area contributed by atoms with Crippen LogP contribution in [-0.2, 0) is 4.74 Å². The molecular formula is C13H20N4O2. The van der Waals surface area contributed by atoms with Crippen molar-refractivity contribution in [2.75, 3.05) is 31.7 Å². The van der Waals surface area contributed by atoms with E-state index in [1.807, 2.05) is 7.05 Å². The number of nitrogens with two attached hydrogens (primary N) is 1. The van der Waals surface area contributed by atoms with Crippen molar-refractivity contribution in [1.29, 1.82) is 0 Å². The van der Waals surface area contributed by atoms with E-state index >= 15 is 0 Å². The summed E-state index contributed by atoms with van der Waals surface area (Å²) in [5.41, 5.74) is 6.33. The fourth-order valence-corrected chi connectivity index (χ4v) is 2.36. The number of amidine groups is 1. The first kappa shape index (κ1) is 13.6. The Bertz CT molecular complexity index is 444. The minimum Gasteiger partial charge on any atom is -0.409 e. The van der Waals surface area contributed by atoms with Crippen LogP contribution < -0.4 is 10.6 Å². The molecule has 104 valence electrons. The molecule has 1 aromatic heterocycles. The molecule has 0 radical (unpaired) electrons. The van der Waals surface area contributed by atoms with Gasteiger partial charge in [0.2, 0.25) is 0 Å². The van der Waals surface area contributed by atoms with E-state index in [1.54, 1.807) is 18.3 Å². The Morgan fingerprint density at radius 1 is 1.58 bits per heavy atom. The van der Waals surface area contributed by atoms with Crippen LogP contribution in [0.3, 0.4) is 0 Å². The Morgan fingerprint density at radius 2 is 2.32 bits per heavy atom. The number of pyridine rings is 1. The van der Waals surface area contributed by atoms with Crippen molar-refractivity contribution in [1.82, 2.24) is 4.98 Å². The first-order valence-corrected chi connectivity index (χ1v) is 6.44. The summed E-state index contributed by atoms with van der Waals surface area (Å²) in [4.78, 5) is 6.39. The summed E-state index contributed by atoms with van der Waals surface area (Å²) in [7, 11) is 1.98. The van der Waals surface area contributed by atoms with Crippen LogP contribution >= 0.6 is 0 Å². The molecule has 0 saturated carbocycles. The average Bonchev–Trinajstić information content (AvgIpc) is 2.47. The minimum absolute atomic E-state index is 0.0851. The Kier molecular flexibility index (Phi) is 4.57. The lowest BCUT2D eigenvalue weighted by Gasteiger charge is -2.28. The van der Waals surface area contributed by atoms with E-state index in [0.29, 0.717) is 11.5 Å². The van der Waals surface area contributed by atoms with Gasteiger partial charge in [-0.25, -0.2) is 4.98 Å². The van der Waals surface area contributed by atoms with Crippen LogP contribution in [0.5, 0.6) is 0 Å². The van der Waals surface area contributed by atoms with Crippen LogP contribution in [0.1, 0.15) is 18.4 Å². The van der Waals surface area contributed by atoms with E-state index in [1.165, 1.54) is 0 Å². The molecule has 6 heteroatoms. The van der Waals surface area contributed by atoms with Crippen molar-refractivity contribution < 1.29 is 9.94 Å². The zero-order valence-corrected chi connectivity index (χ0v) is 11.1. The molecule has 1 saturated heterocycles. The standard InChI is InChI=1S/C13H20N4O2/c1-17(9-10-4-7-19-8-5-10)13-11(12(14)16-18)3-2-6-15-13/h2-3,6,10,18H,4-5,7-9H2,1H3,(H2,14,16). The Labute approximate surface area is 112 Å². The molecule has 1 aliphatic heterocycles. The molecule has 1 fully saturated rings.